The topological polar surface area (TPSA) is 30.2 Å². The lowest BCUT2D eigenvalue weighted by Crippen LogP contribution is -1.88. The largest absolute Gasteiger partial charge is 0.291 e. The van der Waals surface area contributed by atoms with Crippen LogP contribution >= 0.6 is 11.3 Å². The van der Waals surface area contributed by atoms with E-state index in [-0.39, 0.29) is 0 Å². The van der Waals surface area contributed by atoms with Crippen LogP contribution in [0, 0.1) is 0 Å². The van der Waals surface area contributed by atoms with Crippen LogP contribution in [0.3, 0.4) is 0 Å². The van der Waals surface area contributed by atoms with E-state index in [2.05, 4.69) is 89.3 Å². The van der Waals surface area contributed by atoms with Gasteiger partial charge in [-0.3, -0.25) is 4.40 Å². The van der Waals surface area contributed by atoms with Gasteiger partial charge in [-0.15, -0.1) is 11.3 Å². The Kier molecular flexibility index (Phi) is 3.42. The fourth-order valence-electron chi connectivity index (χ4n) is 5.92. The molecule has 0 saturated heterocycles. The Labute approximate surface area is 209 Å². The molecule has 4 heterocycles. The smallest absolute Gasteiger partial charge is 0.165 e. The third-order valence-electron chi connectivity index (χ3n) is 7.50. The number of hydrogen-bond donors (Lipinski definition) is 0. The summed E-state index contributed by atoms with van der Waals surface area (Å²) in [5, 5.41) is 6.35. The van der Waals surface area contributed by atoms with Gasteiger partial charge in [0.15, 0.2) is 5.65 Å². The summed E-state index contributed by atoms with van der Waals surface area (Å²) in [6.45, 7) is 0. The van der Waals surface area contributed by atoms with E-state index >= 15 is 0 Å². The van der Waals surface area contributed by atoms with E-state index in [1.807, 2.05) is 29.5 Å². The molecule has 0 fully saturated rings. The van der Waals surface area contributed by atoms with Crippen molar-refractivity contribution in [3.63, 3.8) is 0 Å². The molecule has 4 heteroatoms. The fourth-order valence-corrected chi connectivity index (χ4v) is 7.14. The monoisotopic (exact) mass is 475 g/mol. The molecule has 166 valence electrons. The van der Waals surface area contributed by atoms with Crippen LogP contribution in [0.15, 0.2) is 103 Å². The standard InChI is InChI=1S/C32H17N3S/c1-2-8-18(9-3-1)19-14-15-27-21(16-19)22-17-23-29-32(34-25-12-6-5-11-24(25)33-29)35-26-13-7-4-10-20(26)28(30(23)35)31(22)36-27/h1-17H. The number of thiophene rings is 1. The van der Waals surface area contributed by atoms with Crippen LogP contribution in [0.25, 0.3) is 80.7 Å². The van der Waals surface area contributed by atoms with Crippen LogP contribution in [0.1, 0.15) is 0 Å². The summed E-state index contributed by atoms with van der Waals surface area (Å²) in [4.78, 5) is 10.2. The van der Waals surface area contributed by atoms with Crippen molar-refractivity contribution in [2.75, 3.05) is 0 Å². The highest BCUT2D eigenvalue weighted by molar-refractivity contribution is 7.26. The maximum absolute atomic E-state index is 5.13. The van der Waals surface area contributed by atoms with Crippen molar-refractivity contribution in [3.8, 4) is 11.1 Å². The highest BCUT2D eigenvalue weighted by Crippen LogP contribution is 2.47. The summed E-state index contributed by atoms with van der Waals surface area (Å²) in [5.41, 5.74) is 8.66. The van der Waals surface area contributed by atoms with Gasteiger partial charge in [0.1, 0.15) is 5.52 Å². The number of benzene rings is 5. The van der Waals surface area contributed by atoms with E-state index in [0.29, 0.717) is 0 Å². The Hall–Kier alpha value is -4.54. The normalized spacial score (nSPS) is 12.4. The summed E-state index contributed by atoms with van der Waals surface area (Å²) in [5.74, 6) is 0. The predicted molar refractivity (Wildman–Crippen MR) is 153 cm³/mol. The zero-order chi connectivity index (χ0) is 23.4. The van der Waals surface area contributed by atoms with Gasteiger partial charge in [0.2, 0.25) is 0 Å². The second kappa shape index (κ2) is 6.56. The van der Waals surface area contributed by atoms with Crippen LogP contribution in [0.4, 0.5) is 0 Å². The summed E-state index contributed by atoms with van der Waals surface area (Å²) in [6, 6.07) is 36.7. The van der Waals surface area contributed by atoms with Gasteiger partial charge in [0.05, 0.1) is 22.1 Å². The number of hydrogen-bond acceptors (Lipinski definition) is 3. The van der Waals surface area contributed by atoms with E-state index in [1.54, 1.807) is 0 Å². The van der Waals surface area contributed by atoms with Gasteiger partial charge in [0, 0.05) is 36.3 Å². The zero-order valence-electron chi connectivity index (χ0n) is 19.1. The molecule has 0 radical (unpaired) electrons. The molecule has 9 rings (SSSR count). The fraction of sp³-hybridized carbons (Fsp3) is 0. The molecule has 0 aliphatic carbocycles. The van der Waals surface area contributed by atoms with E-state index < -0.39 is 0 Å². The molecule has 0 saturated carbocycles. The van der Waals surface area contributed by atoms with Crippen molar-refractivity contribution in [2.45, 2.75) is 0 Å². The molecule has 4 aromatic heterocycles. The average molecular weight is 476 g/mol. The molecule has 0 amide bonds. The van der Waals surface area contributed by atoms with E-state index in [1.165, 1.54) is 58.5 Å². The first-order chi connectivity index (χ1) is 17.8. The van der Waals surface area contributed by atoms with Gasteiger partial charge in [0.25, 0.3) is 0 Å². The average Bonchev–Trinajstić information content (AvgIpc) is 3.58. The van der Waals surface area contributed by atoms with Crippen LogP contribution in [-0.4, -0.2) is 14.4 Å². The predicted octanol–water partition coefficient (Wildman–Crippen LogP) is 8.81. The molecular weight excluding hydrogens is 458 g/mol. The number of nitrogens with zero attached hydrogens (tertiary/aromatic N) is 3. The number of rotatable bonds is 1. The van der Waals surface area contributed by atoms with Crippen molar-refractivity contribution < 1.29 is 0 Å². The molecular formula is C32H17N3S. The zero-order valence-corrected chi connectivity index (χ0v) is 19.9. The van der Waals surface area contributed by atoms with E-state index in [0.717, 1.165) is 22.2 Å². The molecule has 9 aromatic rings. The molecule has 5 aromatic carbocycles. The van der Waals surface area contributed by atoms with Crippen LogP contribution in [0.2, 0.25) is 0 Å². The van der Waals surface area contributed by atoms with Crippen LogP contribution < -0.4 is 0 Å². The van der Waals surface area contributed by atoms with Gasteiger partial charge in [-0.25, -0.2) is 9.97 Å². The lowest BCUT2D eigenvalue weighted by atomic mass is 10.0. The molecule has 0 bridgehead atoms. The Morgan fingerprint density at radius 2 is 1.36 bits per heavy atom. The maximum Gasteiger partial charge on any atom is 0.165 e. The highest BCUT2D eigenvalue weighted by Gasteiger charge is 2.23. The molecule has 0 aliphatic rings. The summed E-state index contributed by atoms with van der Waals surface area (Å²) >= 11 is 1.89. The third kappa shape index (κ3) is 2.27. The van der Waals surface area contributed by atoms with Crippen molar-refractivity contribution in [1.29, 1.82) is 0 Å². The minimum atomic E-state index is 0.926. The summed E-state index contributed by atoms with van der Waals surface area (Å²) < 4.78 is 4.97. The molecule has 0 atom stereocenters. The Balaban J connectivity index is 1.53. The second-order valence-electron chi connectivity index (χ2n) is 9.44. The third-order valence-corrected chi connectivity index (χ3v) is 8.70. The first-order valence-electron chi connectivity index (χ1n) is 12.1. The molecule has 36 heavy (non-hydrogen) atoms. The Morgan fingerprint density at radius 3 is 2.25 bits per heavy atom. The maximum atomic E-state index is 5.13. The van der Waals surface area contributed by atoms with Gasteiger partial charge >= 0.3 is 0 Å². The number of aromatic nitrogens is 3. The minimum Gasteiger partial charge on any atom is -0.291 e. The molecule has 0 aliphatic heterocycles. The first kappa shape index (κ1) is 18.7. The lowest BCUT2D eigenvalue weighted by molar-refractivity contribution is 1.28. The van der Waals surface area contributed by atoms with Gasteiger partial charge in [-0.2, -0.15) is 0 Å². The molecule has 0 N–H and O–H groups in total. The Bertz CT molecular complexity index is 2310. The minimum absolute atomic E-state index is 0.926. The quantitative estimate of drug-likeness (QED) is 0.237. The molecule has 3 nitrogen and oxygen atoms in total. The van der Waals surface area contributed by atoms with Crippen molar-refractivity contribution in [2.24, 2.45) is 0 Å². The van der Waals surface area contributed by atoms with Gasteiger partial charge in [-0.05, 0) is 47.5 Å². The number of fused-ring (bicyclic) bond motifs is 11. The van der Waals surface area contributed by atoms with E-state index in [9.17, 15) is 0 Å². The van der Waals surface area contributed by atoms with Gasteiger partial charge < -0.3 is 0 Å². The molecule has 0 unspecified atom stereocenters. The summed E-state index contributed by atoms with van der Waals surface area (Å²) in [7, 11) is 0. The van der Waals surface area contributed by atoms with Crippen molar-refractivity contribution >= 4 is 80.9 Å². The van der Waals surface area contributed by atoms with Crippen molar-refractivity contribution in [3.05, 3.63) is 103 Å². The van der Waals surface area contributed by atoms with Crippen molar-refractivity contribution in [1.82, 2.24) is 14.4 Å². The number of para-hydroxylation sites is 3. The van der Waals surface area contributed by atoms with Crippen LogP contribution in [-0.2, 0) is 0 Å². The second-order valence-corrected chi connectivity index (χ2v) is 10.5. The lowest BCUT2D eigenvalue weighted by Gasteiger charge is -2.02. The molecule has 0 spiro atoms. The van der Waals surface area contributed by atoms with Gasteiger partial charge in [-0.1, -0.05) is 66.7 Å². The SMILES string of the molecule is c1ccc(-c2ccc3sc4c(cc5c6nc7ccccc7nc6n6c7ccccc7c4c56)c3c2)cc1. The highest BCUT2D eigenvalue weighted by atomic mass is 32.1. The summed E-state index contributed by atoms with van der Waals surface area (Å²) in [6.07, 6.45) is 0. The Morgan fingerprint density at radius 1 is 0.583 bits per heavy atom. The first-order valence-corrected chi connectivity index (χ1v) is 12.9. The van der Waals surface area contributed by atoms with Crippen LogP contribution in [0.5, 0.6) is 0 Å². The van der Waals surface area contributed by atoms with E-state index in [4.69, 9.17) is 9.97 Å².